The van der Waals surface area contributed by atoms with Gasteiger partial charge in [-0.3, -0.25) is 0 Å². The molecule has 0 saturated carbocycles. The molecule has 0 aromatic rings. The first kappa shape index (κ1) is 9.85. The van der Waals surface area contributed by atoms with Crippen molar-refractivity contribution in [2.75, 3.05) is 19.6 Å². The first-order chi connectivity index (χ1) is 6.24. The van der Waals surface area contributed by atoms with Gasteiger partial charge in [0.15, 0.2) is 0 Å². The number of likely N-dealkylation sites (tertiary alicyclic amines) is 1. The average molecular weight is 181 g/mol. The zero-order chi connectivity index (χ0) is 9.68. The van der Waals surface area contributed by atoms with E-state index in [1.807, 2.05) is 0 Å². The highest BCUT2D eigenvalue weighted by Gasteiger charge is 2.17. The van der Waals surface area contributed by atoms with Gasteiger partial charge in [-0.1, -0.05) is 0 Å². The van der Waals surface area contributed by atoms with E-state index in [4.69, 9.17) is 5.26 Å². The molecule has 0 spiro atoms. The second-order valence-electron chi connectivity index (χ2n) is 3.41. The summed E-state index contributed by atoms with van der Waals surface area (Å²) in [6.45, 7) is 3.95. The van der Waals surface area contributed by atoms with Gasteiger partial charge in [-0.25, -0.2) is 4.79 Å². The molecule has 4 heteroatoms. The molecule has 0 aromatic carbocycles. The second-order valence-corrected chi connectivity index (χ2v) is 3.41. The zero-order valence-electron chi connectivity index (χ0n) is 7.92. The molecule has 1 atom stereocenters. The van der Waals surface area contributed by atoms with Crippen LogP contribution in [0.5, 0.6) is 0 Å². The molecular formula is C9H15N3O. The third-order valence-corrected chi connectivity index (χ3v) is 2.17. The first-order valence-electron chi connectivity index (χ1n) is 4.66. The Morgan fingerprint density at radius 3 is 2.77 bits per heavy atom. The SMILES string of the molecule is CC(C#N)CNC(=O)N1CCCC1. The molecule has 4 nitrogen and oxygen atoms in total. The Bertz CT molecular complexity index is 215. The van der Waals surface area contributed by atoms with Crippen molar-refractivity contribution < 1.29 is 4.79 Å². The number of hydrogen-bond acceptors (Lipinski definition) is 2. The number of amides is 2. The summed E-state index contributed by atoms with van der Waals surface area (Å²) in [7, 11) is 0. The number of urea groups is 1. The summed E-state index contributed by atoms with van der Waals surface area (Å²) in [5.74, 6) is -0.105. The first-order valence-corrected chi connectivity index (χ1v) is 4.66. The second kappa shape index (κ2) is 4.70. The summed E-state index contributed by atoms with van der Waals surface area (Å²) in [4.78, 5) is 13.2. The van der Waals surface area contributed by atoms with E-state index in [1.165, 1.54) is 0 Å². The molecule has 1 unspecified atom stereocenters. The van der Waals surface area contributed by atoms with Gasteiger partial charge in [0.2, 0.25) is 0 Å². The van der Waals surface area contributed by atoms with Crippen molar-refractivity contribution in [2.45, 2.75) is 19.8 Å². The van der Waals surface area contributed by atoms with E-state index < -0.39 is 0 Å². The van der Waals surface area contributed by atoms with Crippen LogP contribution in [-0.4, -0.2) is 30.6 Å². The maximum Gasteiger partial charge on any atom is 0.317 e. The Labute approximate surface area is 78.5 Å². The van der Waals surface area contributed by atoms with Crippen molar-refractivity contribution in [3.8, 4) is 6.07 Å². The van der Waals surface area contributed by atoms with Crippen LogP contribution in [0.4, 0.5) is 4.79 Å². The molecule has 72 valence electrons. The van der Waals surface area contributed by atoms with Crippen molar-refractivity contribution in [3.63, 3.8) is 0 Å². The Hall–Kier alpha value is -1.24. The lowest BCUT2D eigenvalue weighted by molar-refractivity contribution is 0.208. The lowest BCUT2D eigenvalue weighted by atomic mass is 10.2. The fourth-order valence-electron chi connectivity index (χ4n) is 1.32. The van der Waals surface area contributed by atoms with Crippen LogP contribution in [0.3, 0.4) is 0 Å². The summed E-state index contributed by atoms with van der Waals surface area (Å²) in [5.41, 5.74) is 0. The highest BCUT2D eigenvalue weighted by atomic mass is 16.2. The predicted octanol–water partition coefficient (Wildman–Crippen LogP) is 0.951. The summed E-state index contributed by atoms with van der Waals surface area (Å²) in [6, 6.07) is 2.05. The fraction of sp³-hybridized carbons (Fsp3) is 0.778. The van der Waals surface area contributed by atoms with Crippen LogP contribution in [0.25, 0.3) is 0 Å². The molecule has 1 saturated heterocycles. The standard InChI is InChI=1S/C9H15N3O/c1-8(6-10)7-11-9(13)12-4-2-3-5-12/h8H,2-5,7H2,1H3,(H,11,13). The third-order valence-electron chi connectivity index (χ3n) is 2.17. The number of rotatable bonds is 2. The van der Waals surface area contributed by atoms with Gasteiger partial charge in [-0.15, -0.1) is 0 Å². The van der Waals surface area contributed by atoms with Gasteiger partial charge in [0, 0.05) is 19.6 Å². The minimum absolute atomic E-state index is 0.0281. The van der Waals surface area contributed by atoms with Crippen LogP contribution in [-0.2, 0) is 0 Å². The van der Waals surface area contributed by atoms with E-state index in [2.05, 4.69) is 11.4 Å². The van der Waals surface area contributed by atoms with E-state index in [1.54, 1.807) is 11.8 Å². The molecule has 13 heavy (non-hydrogen) atoms. The van der Waals surface area contributed by atoms with Crippen LogP contribution < -0.4 is 5.32 Å². The largest absolute Gasteiger partial charge is 0.337 e. The zero-order valence-corrected chi connectivity index (χ0v) is 7.92. The van der Waals surface area contributed by atoms with Crippen molar-refractivity contribution >= 4 is 6.03 Å². The Kier molecular flexibility index (Phi) is 3.56. The Morgan fingerprint density at radius 1 is 1.62 bits per heavy atom. The Balaban J connectivity index is 2.21. The third kappa shape index (κ3) is 2.94. The summed E-state index contributed by atoms with van der Waals surface area (Å²) >= 11 is 0. The number of nitrogens with one attached hydrogen (secondary N) is 1. The molecule has 0 aliphatic carbocycles. The molecule has 2 amide bonds. The van der Waals surface area contributed by atoms with Crippen LogP contribution in [0.1, 0.15) is 19.8 Å². The molecule has 1 aliphatic rings. The van der Waals surface area contributed by atoms with E-state index in [9.17, 15) is 4.79 Å². The van der Waals surface area contributed by atoms with Gasteiger partial charge in [0.05, 0.1) is 12.0 Å². The van der Waals surface area contributed by atoms with Gasteiger partial charge in [0.1, 0.15) is 0 Å². The number of carbonyl (C=O) groups excluding carboxylic acids is 1. The highest BCUT2D eigenvalue weighted by molar-refractivity contribution is 5.74. The van der Waals surface area contributed by atoms with Crippen LogP contribution >= 0.6 is 0 Å². The maximum absolute atomic E-state index is 11.4. The van der Waals surface area contributed by atoms with Crippen LogP contribution in [0.2, 0.25) is 0 Å². The highest BCUT2D eigenvalue weighted by Crippen LogP contribution is 2.06. The fourth-order valence-corrected chi connectivity index (χ4v) is 1.32. The molecule has 1 fully saturated rings. The monoisotopic (exact) mass is 181 g/mol. The van der Waals surface area contributed by atoms with Gasteiger partial charge in [-0.05, 0) is 19.8 Å². The van der Waals surface area contributed by atoms with Crippen LogP contribution in [0.15, 0.2) is 0 Å². The Morgan fingerprint density at radius 2 is 2.23 bits per heavy atom. The minimum atomic E-state index is -0.105. The number of nitriles is 1. The molecule has 0 bridgehead atoms. The number of hydrogen-bond donors (Lipinski definition) is 1. The quantitative estimate of drug-likeness (QED) is 0.689. The van der Waals surface area contributed by atoms with E-state index in [0.717, 1.165) is 25.9 Å². The maximum atomic E-state index is 11.4. The predicted molar refractivity (Wildman–Crippen MR) is 49.0 cm³/mol. The molecule has 0 aromatic heterocycles. The van der Waals surface area contributed by atoms with Crippen molar-refractivity contribution in [2.24, 2.45) is 5.92 Å². The molecule has 0 radical (unpaired) electrons. The van der Waals surface area contributed by atoms with Gasteiger partial charge >= 0.3 is 6.03 Å². The van der Waals surface area contributed by atoms with E-state index in [0.29, 0.717) is 6.54 Å². The van der Waals surface area contributed by atoms with Crippen LogP contribution in [0, 0.1) is 17.2 Å². The van der Waals surface area contributed by atoms with Gasteiger partial charge < -0.3 is 10.2 Å². The van der Waals surface area contributed by atoms with Gasteiger partial charge in [0.25, 0.3) is 0 Å². The summed E-state index contributed by atoms with van der Waals surface area (Å²) < 4.78 is 0. The molecule has 1 aliphatic heterocycles. The summed E-state index contributed by atoms with van der Waals surface area (Å²) in [6.07, 6.45) is 2.20. The van der Waals surface area contributed by atoms with Crippen molar-refractivity contribution in [1.29, 1.82) is 5.26 Å². The van der Waals surface area contributed by atoms with Gasteiger partial charge in [-0.2, -0.15) is 5.26 Å². The minimum Gasteiger partial charge on any atom is -0.337 e. The molecule has 1 rings (SSSR count). The van der Waals surface area contributed by atoms with E-state index in [-0.39, 0.29) is 11.9 Å². The lowest BCUT2D eigenvalue weighted by Gasteiger charge is -2.16. The molecule has 1 heterocycles. The normalized spacial score (nSPS) is 18.0. The smallest absolute Gasteiger partial charge is 0.317 e. The van der Waals surface area contributed by atoms with Crippen molar-refractivity contribution in [3.05, 3.63) is 0 Å². The lowest BCUT2D eigenvalue weighted by Crippen LogP contribution is -2.39. The van der Waals surface area contributed by atoms with Crippen molar-refractivity contribution in [1.82, 2.24) is 10.2 Å². The summed E-state index contributed by atoms with van der Waals surface area (Å²) in [5, 5.41) is 11.2. The van der Waals surface area contributed by atoms with E-state index >= 15 is 0 Å². The molecule has 1 N–H and O–H groups in total. The molecular weight excluding hydrogens is 166 g/mol. The average Bonchev–Trinajstić information content (AvgIpc) is 2.66. The number of nitrogens with zero attached hydrogens (tertiary/aromatic N) is 2. The topological polar surface area (TPSA) is 56.1 Å². The number of carbonyl (C=O) groups is 1.